The number of carbonyl (C=O) groups excluding carboxylic acids is 1. The van der Waals surface area contributed by atoms with Crippen LogP contribution in [0.3, 0.4) is 0 Å². The molecule has 0 aliphatic carbocycles. The van der Waals surface area contributed by atoms with Crippen LogP contribution in [-0.2, 0) is 13.6 Å². The number of pyridine rings is 1. The summed E-state index contributed by atoms with van der Waals surface area (Å²) in [5.74, 6) is -0.184. The number of carbonyl (C=O) groups is 1. The predicted molar refractivity (Wildman–Crippen MR) is 81.1 cm³/mol. The summed E-state index contributed by atoms with van der Waals surface area (Å²) in [7, 11) is 1.83. The number of amides is 1. The van der Waals surface area contributed by atoms with E-state index < -0.39 is 0 Å². The molecule has 0 atom stereocenters. The third-order valence-corrected chi connectivity index (χ3v) is 3.64. The fourth-order valence-corrected chi connectivity index (χ4v) is 2.38. The summed E-state index contributed by atoms with van der Waals surface area (Å²) < 4.78 is 1.72. The Balaban J connectivity index is 1.88. The number of fused-ring (bicyclic) bond motifs is 1. The second-order valence-corrected chi connectivity index (χ2v) is 5.03. The lowest BCUT2D eigenvalue weighted by molar-refractivity contribution is 0.0951. The number of benzene rings is 1. The monoisotopic (exact) mass is 300 g/mol. The van der Waals surface area contributed by atoms with E-state index in [-0.39, 0.29) is 5.91 Å². The molecule has 1 aromatic carbocycles. The summed E-state index contributed by atoms with van der Waals surface area (Å²) in [5, 5.41) is 8.29. The van der Waals surface area contributed by atoms with Crippen molar-refractivity contribution in [3.05, 3.63) is 59.0 Å². The molecule has 0 spiro atoms. The third kappa shape index (κ3) is 2.60. The first kappa shape index (κ1) is 13.6. The van der Waals surface area contributed by atoms with Gasteiger partial charge in [0.2, 0.25) is 0 Å². The quantitative estimate of drug-likeness (QED) is 0.808. The van der Waals surface area contributed by atoms with E-state index in [0.717, 1.165) is 11.1 Å². The molecule has 0 aliphatic rings. The fourth-order valence-electron chi connectivity index (χ4n) is 2.16. The number of hydrogen-bond donors (Lipinski definition) is 1. The molecule has 0 saturated heterocycles. The first-order valence-electron chi connectivity index (χ1n) is 6.45. The molecule has 2 aromatic heterocycles. The summed E-state index contributed by atoms with van der Waals surface area (Å²) in [6.07, 6.45) is 3.34. The van der Waals surface area contributed by atoms with E-state index in [1.54, 1.807) is 35.3 Å². The minimum atomic E-state index is -0.184. The summed E-state index contributed by atoms with van der Waals surface area (Å²) in [6.45, 7) is 0.409. The van der Waals surface area contributed by atoms with Crippen LogP contribution in [0.4, 0.5) is 0 Å². The standard InChI is InChI=1S/C15H13ClN4O/c1-20-10(6-8-19-20)9-18-15(21)12-4-5-13(16)11-3-2-7-17-14(11)12/h2-8H,9H2,1H3,(H,18,21). The summed E-state index contributed by atoms with van der Waals surface area (Å²) >= 11 is 6.13. The predicted octanol–water partition coefficient (Wildman–Crippen LogP) is 2.55. The molecule has 0 saturated carbocycles. The van der Waals surface area contributed by atoms with Gasteiger partial charge in [-0.3, -0.25) is 14.5 Å². The molecule has 0 unspecified atom stereocenters. The van der Waals surface area contributed by atoms with Crippen molar-refractivity contribution in [2.45, 2.75) is 6.54 Å². The average Bonchev–Trinajstić information content (AvgIpc) is 2.91. The second kappa shape index (κ2) is 5.54. The van der Waals surface area contributed by atoms with Crippen molar-refractivity contribution in [1.82, 2.24) is 20.1 Å². The van der Waals surface area contributed by atoms with Crippen LogP contribution in [-0.4, -0.2) is 20.7 Å². The van der Waals surface area contributed by atoms with Crippen LogP contribution < -0.4 is 5.32 Å². The maximum Gasteiger partial charge on any atom is 0.253 e. The Labute approximate surface area is 126 Å². The highest BCUT2D eigenvalue weighted by atomic mass is 35.5. The minimum Gasteiger partial charge on any atom is -0.346 e. The van der Waals surface area contributed by atoms with Crippen molar-refractivity contribution < 1.29 is 4.79 Å². The molecule has 3 aromatic rings. The van der Waals surface area contributed by atoms with Crippen LogP contribution in [0.1, 0.15) is 16.1 Å². The van der Waals surface area contributed by atoms with Gasteiger partial charge >= 0.3 is 0 Å². The molecule has 1 amide bonds. The number of aromatic nitrogens is 3. The molecule has 0 bridgehead atoms. The van der Waals surface area contributed by atoms with Crippen LogP contribution >= 0.6 is 11.6 Å². The molecule has 0 radical (unpaired) electrons. The molecular formula is C15H13ClN4O. The Kier molecular flexibility index (Phi) is 3.58. The highest BCUT2D eigenvalue weighted by molar-refractivity contribution is 6.36. The van der Waals surface area contributed by atoms with Gasteiger partial charge in [-0.05, 0) is 30.3 Å². The van der Waals surface area contributed by atoms with Crippen molar-refractivity contribution in [1.29, 1.82) is 0 Å². The largest absolute Gasteiger partial charge is 0.346 e. The Bertz CT molecular complexity index is 812. The Morgan fingerprint density at radius 2 is 2.14 bits per heavy atom. The van der Waals surface area contributed by atoms with Crippen molar-refractivity contribution in [2.75, 3.05) is 0 Å². The normalized spacial score (nSPS) is 10.8. The van der Waals surface area contributed by atoms with Gasteiger partial charge in [-0.15, -0.1) is 0 Å². The molecular weight excluding hydrogens is 288 g/mol. The van der Waals surface area contributed by atoms with Gasteiger partial charge < -0.3 is 5.32 Å². The Hall–Kier alpha value is -2.40. The van der Waals surface area contributed by atoms with Crippen molar-refractivity contribution >= 4 is 28.4 Å². The highest BCUT2D eigenvalue weighted by Crippen LogP contribution is 2.24. The topological polar surface area (TPSA) is 59.8 Å². The van der Waals surface area contributed by atoms with E-state index in [2.05, 4.69) is 15.4 Å². The highest BCUT2D eigenvalue weighted by Gasteiger charge is 2.13. The van der Waals surface area contributed by atoms with Crippen molar-refractivity contribution in [3.63, 3.8) is 0 Å². The lowest BCUT2D eigenvalue weighted by atomic mass is 10.1. The van der Waals surface area contributed by atoms with Gasteiger partial charge in [0.25, 0.3) is 5.91 Å². The third-order valence-electron chi connectivity index (χ3n) is 3.31. The number of nitrogens with one attached hydrogen (secondary N) is 1. The number of aryl methyl sites for hydroxylation is 1. The minimum absolute atomic E-state index is 0.184. The maximum atomic E-state index is 12.4. The summed E-state index contributed by atoms with van der Waals surface area (Å²) in [4.78, 5) is 16.6. The molecule has 1 N–H and O–H groups in total. The summed E-state index contributed by atoms with van der Waals surface area (Å²) in [6, 6.07) is 8.91. The van der Waals surface area contributed by atoms with E-state index in [1.807, 2.05) is 19.2 Å². The van der Waals surface area contributed by atoms with Gasteiger partial charge in [-0.2, -0.15) is 5.10 Å². The smallest absolute Gasteiger partial charge is 0.253 e. The van der Waals surface area contributed by atoms with Crippen LogP contribution in [0.15, 0.2) is 42.7 Å². The van der Waals surface area contributed by atoms with Gasteiger partial charge in [0.05, 0.1) is 28.3 Å². The van der Waals surface area contributed by atoms with E-state index in [9.17, 15) is 4.79 Å². The van der Waals surface area contributed by atoms with E-state index in [4.69, 9.17) is 11.6 Å². The number of hydrogen-bond acceptors (Lipinski definition) is 3. The van der Waals surface area contributed by atoms with Gasteiger partial charge in [0.15, 0.2) is 0 Å². The molecule has 2 heterocycles. The first-order valence-corrected chi connectivity index (χ1v) is 6.83. The van der Waals surface area contributed by atoms with Crippen LogP contribution in [0.2, 0.25) is 5.02 Å². The summed E-state index contributed by atoms with van der Waals surface area (Å²) in [5.41, 5.74) is 2.04. The molecule has 0 aliphatic heterocycles. The van der Waals surface area contributed by atoms with E-state index in [0.29, 0.717) is 22.6 Å². The molecule has 5 nitrogen and oxygen atoms in total. The SMILES string of the molecule is Cn1nccc1CNC(=O)c1ccc(Cl)c2cccnc12. The first-order chi connectivity index (χ1) is 10.2. The average molecular weight is 301 g/mol. The van der Waals surface area contributed by atoms with Crippen LogP contribution in [0, 0.1) is 0 Å². The zero-order valence-electron chi connectivity index (χ0n) is 11.4. The number of halogens is 1. The van der Waals surface area contributed by atoms with E-state index >= 15 is 0 Å². The van der Waals surface area contributed by atoms with Crippen molar-refractivity contribution in [3.8, 4) is 0 Å². The van der Waals surface area contributed by atoms with Crippen molar-refractivity contribution in [2.24, 2.45) is 7.05 Å². The number of rotatable bonds is 3. The van der Waals surface area contributed by atoms with Gasteiger partial charge in [-0.25, -0.2) is 0 Å². The molecule has 6 heteroatoms. The molecule has 3 rings (SSSR count). The van der Waals surface area contributed by atoms with Crippen LogP contribution in [0.25, 0.3) is 10.9 Å². The Morgan fingerprint density at radius 1 is 1.29 bits per heavy atom. The molecule has 21 heavy (non-hydrogen) atoms. The zero-order chi connectivity index (χ0) is 14.8. The molecule has 106 valence electrons. The Morgan fingerprint density at radius 3 is 2.90 bits per heavy atom. The molecule has 0 fully saturated rings. The van der Waals surface area contributed by atoms with E-state index in [1.165, 1.54) is 0 Å². The fraction of sp³-hybridized carbons (Fsp3) is 0.133. The lowest BCUT2D eigenvalue weighted by Gasteiger charge is -2.08. The maximum absolute atomic E-state index is 12.4. The lowest BCUT2D eigenvalue weighted by Crippen LogP contribution is -2.24. The van der Waals surface area contributed by atoms with Crippen LogP contribution in [0.5, 0.6) is 0 Å². The van der Waals surface area contributed by atoms with Gasteiger partial charge in [-0.1, -0.05) is 11.6 Å². The van der Waals surface area contributed by atoms with Gasteiger partial charge in [0, 0.05) is 24.8 Å². The number of nitrogens with zero attached hydrogens (tertiary/aromatic N) is 3. The zero-order valence-corrected chi connectivity index (χ0v) is 12.1. The second-order valence-electron chi connectivity index (χ2n) is 4.62. The van der Waals surface area contributed by atoms with Gasteiger partial charge in [0.1, 0.15) is 0 Å².